The Balaban J connectivity index is 1.39. The summed E-state index contributed by atoms with van der Waals surface area (Å²) in [6.07, 6.45) is 5.61. The molecule has 1 aromatic heterocycles. The molecular formula is C22H20N4O3S. The maximum atomic E-state index is 12.6. The van der Waals surface area contributed by atoms with Crippen LogP contribution in [0.5, 0.6) is 0 Å². The average Bonchev–Trinajstić information content (AvgIpc) is 3.58. The van der Waals surface area contributed by atoms with Crippen molar-refractivity contribution in [1.29, 1.82) is 0 Å². The van der Waals surface area contributed by atoms with Gasteiger partial charge >= 0.3 is 0 Å². The van der Waals surface area contributed by atoms with E-state index >= 15 is 0 Å². The second-order valence-corrected chi connectivity index (χ2v) is 8.08. The van der Waals surface area contributed by atoms with Gasteiger partial charge in [0.1, 0.15) is 5.69 Å². The van der Waals surface area contributed by atoms with Crippen LogP contribution in [-0.2, 0) is 5.75 Å². The van der Waals surface area contributed by atoms with Crippen LogP contribution in [0, 0.1) is 10.1 Å². The van der Waals surface area contributed by atoms with E-state index in [1.807, 2.05) is 42.6 Å². The Morgan fingerprint density at radius 3 is 2.63 bits per heavy atom. The lowest BCUT2D eigenvalue weighted by molar-refractivity contribution is -0.384. The number of pyridine rings is 1. The first kappa shape index (κ1) is 19.9. The van der Waals surface area contributed by atoms with E-state index < -0.39 is 4.92 Å². The molecule has 0 spiro atoms. The Labute approximate surface area is 178 Å². The highest BCUT2D eigenvalue weighted by molar-refractivity contribution is 7.98. The summed E-state index contributed by atoms with van der Waals surface area (Å²) in [5.74, 6) is 0.427. The molecule has 4 rings (SSSR count). The molecular weight excluding hydrogens is 400 g/mol. The highest BCUT2D eigenvalue weighted by Gasteiger charge is 2.25. The second kappa shape index (κ2) is 8.96. The van der Waals surface area contributed by atoms with Crippen molar-refractivity contribution < 1.29 is 9.72 Å². The molecule has 1 aliphatic carbocycles. The predicted octanol–water partition coefficient (Wildman–Crippen LogP) is 5.11. The molecule has 0 saturated heterocycles. The van der Waals surface area contributed by atoms with Crippen LogP contribution >= 0.6 is 11.8 Å². The number of amides is 1. The molecule has 8 heteroatoms. The number of thioether (sulfide) groups is 1. The number of aromatic nitrogens is 1. The number of carbonyl (C=O) groups is 1. The van der Waals surface area contributed by atoms with Gasteiger partial charge in [0.05, 0.1) is 4.92 Å². The number of anilines is 2. The van der Waals surface area contributed by atoms with E-state index in [0.29, 0.717) is 11.4 Å². The molecule has 0 bridgehead atoms. The summed E-state index contributed by atoms with van der Waals surface area (Å²) in [6.45, 7) is 0. The highest BCUT2D eigenvalue weighted by Crippen LogP contribution is 2.32. The predicted molar refractivity (Wildman–Crippen MR) is 118 cm³/mol. The van der Waals surface area contributed by atoms with Crippen LogP contribution in [0.25, 0.3) is 0 Å². The zero-order valence-electron chi connectivity index (χ0n) is 16.1. The van der Waals surface area contributed by atoms with Crippen LogP contribution in [0.3, 0.4) is 0 Å². The van der Waals surface area contributed by atoms with Crippen molar-refractivity contribution >= 4 is 34.7 Å². The van der Waals surface area contributed by atoms with Crippen LogP contribution in [0.4, 0.5) is 17.1 Å². The molecule has 1 aliphatic rings. The van der Waals surface area contributed by atoms with Gasteiger partial charge in [0.2, 0.25) is 0 Å². The second-order valence-electron chi connectivity index (χ2n) is 7.04. The number of nitro groups is 1. The number of carbonyl (C=O) groups excluding carboxylic acids is 1. The monoisotopic (exact) mass is 420 g/mol. The average molecular weight is 420 g/mol. The number of nitrogens with zero attached hydrogens (tertiary/aromatic N) is 2. The lowest BCUT2D eigenvalue weighted by Crippen LogP contribution is -2.13. The third-order valence-corrected chi connectivity index (χ3v) is 5.72. The number of nitrogens with one attached hydrogen (secondary N) is 2. The van der Waals surface area contributed by atoms with Gasteiger partial charge in [0, 0.05) is 46.4 Å². The normalized spacial score (nSPS) is 12.9. The fourth-order valence-electron chi connectivity index (χ4n) is 2.88. The molecule has 1 saturated carbocycles. The summed E-state index contributed by atoms with van der Waals surface area (Å²) in [4.78, 5) is 28.7. The Hall–Kier alpha value is -3.39. The molecule has 3 aromatic rings. The lowest BCUT2D eigenvalue weighted by Gasteiger charge is -2.09. The molecule has 0 atom stereocenters. The summed E-state index contributed by atoms with van der Waals surface area (Å²) >= 11 is 1.68. The van der Waals surface area contributed by atoms with Gasteiger partial charge in [-0.25, -0.2) is 0 Å². The minimum absolute atomic E-state index is 0.0864. The first-order valence-electron chi connectivity index (χ1n) is 9.56. The van der Waals surface area contributed by atoms with Crippen molar-refractivity contribution in [3.8, 4) is 0 Å². The molecule has 1 fully saturated rings. The third-order valence-electron chi connectivity index (χ3n) is 4.63. The van der Waals surface area contributed by atoms with Crippen molar-refractivity contribution in [3.63, 3.8) is 0 Å². The SMILES string of the molecule is O=C(Nc1ccc(SCc2cccnc2)cc1)c1ccc(NC2CC2)c([N+](=O)[O-])c1. The fraction of sp³-hybridized carbons (Fsp3) is 0.182. The lowest BCUT2D eigenvalue weighted by atomic mass is 10.1. The summed E-state index contributed by atoms with van der Waals surface area (Å²) in [7, 11) is 0. The van der Waals surface area contributed by atoms with Crippen LogP contribution in [0.1, 0.15) is 28.8 Å². The number of hydrogen-bond acceptors (Lipinski definition) is 6. The van der Waals surface area contributed by atoms with Gasteiger partial charge in [-0.05, 0) is 60.9 Å². The van der Waals surface area contributed by atoms with Crippen molar-refractivity contribution in [2.45, 2.75) is 29.5 Å². The summed E-state index contributed by atoms with van der Waals surface area (Å²) in [5, 5.41) is 17.3. The first-order chi connectivity index (χ1) is 14.6. The number of benzene rings is 2. The smallest absolute Gasteiger partial charge is 0.293 e. The van der Waals surface area contributed by atoms with Crippen LogP contribution < -0.4 is 10.6 Å². The highest BCUT2D eigenvalue weighted by atomic mass is 32.2. The van der Waals surface area contributed by atoms with Gasteiger partial charge in [0.15, 0.2) is 0 Å². The quantitative estimate of drug-likeness (QED) is 0.299. The summed E-state index contributed by atoms with van der Waals surface area (Å²) in [6, 6.07) is 16.3. The Kier molecular flexibility index (Phi) is 5.94. The molecule has 1 heterocycles. The van der Waals surface area contributed by atoms with Gasteiger partial charge in [0.25, 0.3) is 11.6 Å². The van der Waals surface area contributed by atoms with Gasteiger partial charge in [-0.2, -0.15) is 0 Å². The maximum Gasteiger partial charge on any atom is 0.293 e. The van der Waals surface area contributed by atoms with Crippen molar-refractivity contribution in [3.05, 3.63) is 88.2 Å². The topological polar surface area (TPSA) is 97.2 Å². The summed E-state index contributed by atoms with van der Waals surface area (Å²) in [5.41, 5.74) is 2.39. The Morgan fingerprint density at radius 2 is 1.97 bits per heavy atom. The Morgan fingerprint density at radius 1 is 1.17 bits per heavy atom. The fourth-order valence-corrected chi connectivity index (χ4v) is 3.71. The van der Waals surface area contributed by atoms with E-state index in [1.165, 1.54) is 6.07 Å². The van der Waals surface area contributed by atoms with Gasteiger partial charge in [-0.1, -0.05) is 6.07 Å². The molecule has 7 nitrogen and oxygen atoms in total. The molecule has 30 heavy (non-hydrogen) atoms. The van der Waals surface area contributed by atoms with Gasteiger partial charge in [-0.15, -0.1) is 11.8 Å². The molecule has 0 aliphatic heterocycles. The number of nitro benzene ring substituents is 1. The van der Waals surface area contributed by atoms with E-state index in [4.69, 9.17) is 0 Å². The first-order valence-corrected chi connectivity index (χ1v) is 10.5. The van der Waals surface area contributed by atoms with Crippen LogP contribution in [0.15, 0.2) is 71.9 Å². The van der Waals surface area contributed by atoms with E-state index in [-0.39, 0.29) is 23.2 Å². The Bertz CT molecular complexity index is 1050. The van der Waals surface area contributed by atoms with E-state index in [1.54, 1.807) is 30.1 Å². The molecule has 0 unspecified atom stereocenters. The van der Waals surface area contributed by atoms with Crippen molar-refractivity contribution in [1.82, 2.24) is 4.98 Å². The largest absolute Gasteiger partial charge is 0.377 e. The minimum Gasteiger partial charge on any atom is -0.377 e. The molecule has 2 aromatic carbocycles. The van der Waals surface area contributed by atoms with E-state index in [2.05, 4.69) is 15.6 Å². The standard InChI is InChI=1S/C22H20N4O3S/c27-22(16-3-10-20(24-17-4-5-17)21(12-16)26(28)29)25-18-6-8-19(9-7-18)30-14-15-2-1-11-23-13-15/h1-3,6-13,17,24H,4-5,14H2,(H,25,27). The minimum atomic E-state index is -0.463. The summed E-state index contributed by atoms with van der Waals surface area (Å²) < 4.78 is 0. The van der Waals surface area contributed by atoms with Crippen LogP contribution in [-0.4, -0.2) is 21.9 Å². The van der Waals surface area contributed by atoms with Gasteiger partial charge in [-0.3, -0.25) is 19.9 Å². The molecule has 2 N–H and O–H groups in total. The van der Waals surface area contributed by atoms with Crippen LogP contribution in [0.2, 0.25) is 0 Å². The third kappa shape index (κ3) is 5.15. The van der Waals surface area contributed by atoms with Crippen molar-refractivity contribution in [2.24, 2.45) is 0 Å². The van der Waals surface area contributed by atoms with Gasteiger partial charge < -0.3 is 10.6 Å². The van der Waals surface area contributed by atoms with E-state index in [9.17, 15) is 14.9 Å². The van der Waals surface area contributed by atoms with Crippen molar-refractivity contribution in [2.75, 3.05) is 10.6 Å². The zero-order chi connectivity index (χ0) is 20.9. The molecule has 0 radical (unpaired) electrons. The zero-order valence-corrected chi connectivity index (χ0v) is 16.9. The number of rotatable bonds is 8. The molecule has 1 amide bonds. The molecule has 152 valence electrons. The number of hydrogen-bond donors (Lipinski definition) is 2. The van der Waals surface area contributed by atoms with E-state index in [0.717, 1.165) is 29.1 Å². The maximum absolute atomic E-state index is 12.6.